The van der Waals surface area contributed by atoms with Gasteiger partial charge in [0.25, 0.3) is 5.91 Å². The van der Waals surface area contributed by atoms with Gasteiger partial charge in [-0.15, -0.1) is 11.8 Å². The second kappa shape index (κ2) is 9.16. The number of hydrogen-bond acceptors (Lipinski definition) is 3. The standard InChI is InChI=1S/C29H26N2OS/c1-21-12-16-24(17-13-21)31-28(23-14-18-25(33-2)19-15-23)30(20-22-8-4-3-5-9-22)27-11-7-6-10-26(27)29(31)32/h3-19,28H,20H2,1-2H3. The molecule has 1 heterocycles. The van der Waals surface area contributed by atoms with Crippen LogP contribution in [0.2, 0.25) is 0 Å². The molecular weight excluding hydrogens is 424 g/mol. The summed E-state index contributed by atoms with van der Waals surface area (Å²) < 4.78 is 0. The summed E-state index contributed by atoms with van der Waals surface area (Å²) in [4.78, 5) is 19.4. The highest BCUT2D eigenvalue weighted by atomic mass is 32.2. The van der Waals surface area contributed by atoms with Crippen LogP contribution in [-0.2, 0) is 6.54 Å². The van der Waals surface area contributed by atoms with E-state index in [4.69, 9.17) is 0 Å². The highest BCUT2D eigenvalue weighted by Crippen LogP contribution is 2.42. The second-order valence-corrected chi connectivity index (χ2v) is 9.17. The average molecular weight is 451 g/mol. The molecule has 3 nitrogen and oxygen atoms in total. The van der Waals surface area contributed by atoms with Gasteiger partial charge < -0.3 is 4.90 Å². The molecule has 5 rings (SSSR count). The van der Waals surface area contributed by atoms with Crippen LogP contribution in [0.5, 0.6) is 0 Å². The van der Waals surface area contributed by atoms with Crippen LogP contribution in [0.4, 0.5) is 11.4 Å². The van der Waals surface area contributed by atoms with E-state index < -0.39 is 0 Å². The number of thioether (sulfide) groups is 1. The van der Waals surface area contributed by atoms with Crippen molar-refractivity contribution >= 4 is 29.0 Å². The fraction of sp³-hybridized carbons (Fsp3) is 0.138. The summed E-state index contributed by atoms with van der Waals surface area (Å²) in [5.41, 5.74) is 6.06. The zero-order valence-electron chi connectivity index (χ0n) is 18.8. The molecule has 0 radical (unpaired) electrons. The highest BCUT2D eigenvalue weighted by molar-refractivity contribution is 7.98. The number of fused-ring (bicyclic) bond motifs is 1. The summed E-state index contributed by atoms with van der Waals surface area (Å²) in [7, 11) is 0. The zero-order chi connectivity index (χ0) is 22.8. The number of anilines is 2. The van der Waals surface area contributed by atoms with Crippen LogP contribution in [-0.4, -0.2) is 12.2 Å². The lowest BCUT2D eigenvalue weighted by Crippen LogP contribution is -2.49. The minimum absolute atomic E-state index is 0.0257. The van der Waals surface area contributed by atoms with Crippen LogP contribution in [0.3, 0.4) is 0 Å². The van der Waals surface area contributed by atoms with Crippen LogP contribution in [0.25, 0.3) is 0 Å². The lowest BCUT2D eigenvalue weighted by Gasteiger charge is -2.46. The van der Waals surface area contributed by atoms with E-state index in [0.717, 1.165) is 22.5 Å². The smallest absolute Gasteiger partial charge is 0.262 e. The summed E-state index contributed by atoms with van der Waals surface area (Å²) in [6, 6.07) is 35.2. The van der Waals surface area contributed by atoms with Gasteiger partial charge in [0, 0.05) is 17.1 Å². The molecule has 1 unspecified atom stereocenters. The Hall–Kier alpha value is -3.50. The normalized spacial score (nSPS) is 15.5. The number of amides is 1. The zero-order valence-corrected chi connectivity index (χ0v) is 19.6. The Morgan fingerprint density at radius 2 is 1.45 bits per heavy atom. The van der Waals surface area contributed by atoms with Gasteiger partial charge in [-0.05, 0) is 60.7 Å². The molecule has 0 N–H and O–H groups in total. The summed E-state index contributed by atoms with van der Waals surface area (Å²) in [6.45, 7) is 2.76. The predicted octanol–water partition coefficient (Wildman–Crippen LogP) is 7.08. The fourth-order valence-electron chi connectivity index (χ4n) is 4.44. The van der Waals surface area contributed by atoms with Gasteiger partial charge in [0.2, 0.25) is 0 Å². The van der Waals surface area contributed by atoms with E-state index in [9.17, 15) is 4.79 Å². The van der Waals surface area contributed by atoms with Crippen molar-refractivity contribution in [2.75, 3.05) is 16.1 Å². The maximum atomic E-state index is 13.9. The number of benzene rings is 4. The van der Waals surface area contributed by atoms with Crippen LogP contribution in [0, 0.1) is 6.92 Å². The first-order valence-corrected chi connectivity index (χ1v) is 12.3. The van der Waals surface area contributed by atoms with Crippen LogP contribution in [0.15, 0.2) is 108 Å². The Balaban J connectivity index is 1.71. The number of para-hydroxylation sites is 1. The molecule has 0 saturated carbocycles. The van der Waals surface area contributed by atoms with E-state index in [1.54, 1.807) is 11.8 Å². The molecule has 1 amide bonds. The third-order valence-electron chi connectivity index (χ3n) is 6.12. The molecule has 0 bridgehead atoms. The van der Waals surface area contributed by atoms with Crippen molar-refractivity contribution in [2.24, 2.45) is 0 Å². The molecule has 1 atom stereocenters. The van der Waals surface area contributed by atoms with Gasteiger partial charge in [-0.1, -0.05) is 72.3 Å². The quantitative estimate of drug-likeness (QED) is 0.303. The number of carbonyl (C=O) groups excluding carboxylic acids is 1. The summed E-state index contributed by atoms with van der Waals surface area (Å²) in [5.74, 6) is 0.0257. The molecule has 0 aliphatic carbocycles. The van der Waals surface area contributed by atoms with E-state index in [2.05, 4.69) is 84.8 Å². The van der Waals surface area contributed by atoms with E-state index >= 15 is 0 Å². The van der Waals surface area contributed by atoms with Gasteiger partial charge in [-0.3, -0.25) is 9.69 Å². The maximum absolute atomic E-state index is 13.9. The summed E-state index contributed by atoms with van der Waals surface area (Å²) in [6.07, 6.45) is 1.82. The summed E-state index contributed by atoms with van der Waals surface area (Å²) in [5, 5.41) is 0. The number of rotatable bonds is 5. The van der Waals surface area contributed by atoms with Crippen molar-refractivity contribution < 1.29 is 4.79 Å². The lowest BCUT2D eigenvalue weighted by atomic mass is 9.99. The van der Waals surface area contributed by atoms with E-state index in [0.29, 0.717) is 6.54 Å². The minimum Gasteiger partial charge on any atom is -0.342 e. The van der Waals surface area contributed by atoms with Gasteiger partial charge in [0.15, 0.2) is 0 Å². The molecule has 4 heteroatoms. The monoisotopic (exact) mass is 450 g/mol. The summed E-state index contributed by atoms with van der Waals surface area (Å²) >= 11 is 1.72. The molecule has 1 aliphatic rings. The van der Waals surface area contributed by atoms with Crippen molar-refractivity contribution in [3.63, 3.8) is 0 Å². The average Bonchev–Trinajstić information content (AvgIpc) is 2.87. The SMILES string of the molecule is CSc1ccc(C2N(Cc3ccccc3)c3ccccc3C(=O)N2c2ccc(C)cc2)cc1. The molecule has 0 spiro atoms. The third-order valence-corrected chi connectivity index (χ3v) is 6.87. The molecule has 0 saturated heterocycles. The first-order valence-electron chi connectivity index (χ1n) is 11.1. The Labute approximate surface area is 199 Å². The Morgan fingerprint density at radius 3 is 2.15 bits per heavy atom. The molecule has 0 aromatic heterocycles. The van der Waals surface area contributed by atoms with E-state index in [-0.39, 0.29) is 12.1 Å². The van der Waals surface area contributed by atoms with Crippen molar-refractivity contribution in [3.8, 4) is 0 Å². The first kappa shape index (κ1) is 21.4. The second-order valence-electron chi connectivity index (χ2n) is 8.29. The van der Waals surface area contributed by atoms with Gasteiger partial charge >= 0.3 is 0 Å². The number of carbonyl (C=O) groups is 1. The minimum atomic E-state index is -0.258. The van der Waals surface area contributed by atoms with Gasteiger partial charge in [-0.2, -0.15) is 0 Å². The van der Waals surface area contributed by atoms with Gasteiger partial charge in [-0.25, -0.2) is 0 Å². The number of nitrogens with zero attached hydrogens (tertiary/aromatic N) is 2. The largest absolute Gasteiger partial charge is 0.342 e. The van der Waals surface area contributed by atoms with E-state index in [1.807, 2.05) is 41.3 Å². The predicted molar refractivity (Wildman–Crippen MR) is 138 cm³/mol. The van der Waals surface area contributed by atoms with Gasteiger partial charge in [0.1, 0.15) is 6.17 Å². The molecule has 164 valence electrons. The van der Waals surface area contributed by atoms with Gasteiger partial charge in [0.05, 0.1) is 11.3 Å². The molecule has 1 aliphatic heterocycles. The third kappa shape index (κ3) is 4.14. The first-order chi connectivity index (χ1) is 16.2. The highest BCUT2D eigenvalue weighted by Gasteiger charge is 2.39. The molecule has 4 aromatic carbocycles. The number of hydrogen-bond donors (Lipinski definition) is 0. The Morgan fingerprint density at radius 1 is 0.788 bits per heavy atom. The number of aryl methyl sites for hydroxylation is 1. The topological polar surface area (TPSA) is 23.6 Å². The van der Waals surface area contributed by atoms with Crippen LogP contribution < -0.4 is 9.80 Å². The lowest BCUT2D eigenvalue weighted by molar-refractivity contribution is 0.0968. The van der Waals surface area contributed by atoms with Crippen LogP contribution >= 0.6 is 11.8 Å². The molecule has 0 fully saturated rings. The van der Waals surface area contributed by atoms with Crippen molar-refractivity contribution in [3.05, 3.63) is 125 Å². The molecular formula is C29H26N2OS. The van der Waals surface area contributed by atoms with Crippen molar-refractivity contribution in [1.29, 1.82) is 0 Å². The van der Waals surface area contributed by atoms with Crippen molar-refractivity contribution in [2.45, 2.75) is 24.5 Å². The maximum Gasteiger partial charge on any atom is 0.262 e. The van der Waals surface area contributed by atoms with Crippen molar-refractivity contribution in [1.82, 2.24) is 0 Å². The fourth-order valence-corrected chi connectivity index (χ4v) is 4.85. The Kier molecular flexibility index (Phi) is 5.93. The van der Waals surface area contributed by atoms with Crippen LogP contribution in [0.1, 0.15) is 33.2 Å². The van der Waals surface area contributed by atoms with E-state index in [1.165, 1.54) is 16.0 Å². The molecule has 4 aromatic rings. The Bertz CT molecular complexity index is 1250. The molecule has 33 heavy (non-hydrogen) atoms.